The Morgan fingerprint density at radius 3 is 2.50 bits per heavy atom. The van der Waals surface area contributed by atoms with Crippen LogP contribution in [0.4, 0.5) is 0 Å². The summed E-state index contributed by atoms with van der Waals surface area (Å²) in [6, 6.07) is 7.68. The summed E-state index contributed by atoms with van der Waals surface area (Å²) in [7, 11) is 0. The molecule has 1 unspecified atom stereocenters. The van der Waals surface area contributed by atoms with Crippen LogP contribution in [0.25, 0.3) is 0 Å². The van der Waals surface area contributed by atoms with Gasteiger partial charge in [-0.05, 0) is 30.0 Å². The van der Waals surface area contributed by atoms with Gasteiger partial charge in [0.25, 0.3) is 5.91 Å². The molecule has 0 aliphatic carbocycles. The van der Waals surface area contributed by atoms with E-state index in [0.717, 1.165) is 12.2 Å². The van der Waals surface area contributed by atoms with E-state index in [0.29, 0.717) is 11.5 Å². The van der Waals surface area contributed by atoms with Crippen molar-refractivity contribution < 1.29 is 4.79 Å². The molecule has 0 radical (unpaired) electrons. The zero-order valence-electron chi connectivity index (χ0n) is 12.2. The molecular weight excluding hydrogens is 250 g/mol. The molecule has 0 saturated heterocycles. The maximum Gasteiger partial charge on any atom is 0.251 e. The molecule has 0 fully saturated rings. The number of carbonyl (C=O) groups excluding carboxylic acids is 1. The van der Waals surface area contributed by atoms with Crippen LogP contribution in [0.2, 0.25) is 0 Å². The second-order valence-electron chi connectivity index (χ2n) is 5.19. The molecule has 2 N–H and O–H groups in total. The summed E-state index contributed by atoms with van der Waals surface area (Å²) in [5, 5.41) is 3.00. The third kappa shape index (κ3) is 3.26. The largest absolute Gasteiger partial charge is 0.347 e. The van der Waals surface area contributed by atoms with E-state index in [-0.39, 0.29) is 11.9 Å². The summed E-state index contributed by atoms with van der Waals surface area (Å²) in [5.74, 6) is 1.20. The Balaban J connectivity index is 2.07. The highest BCUT2D eigenvalue weighted by Crippen LogP contribution is 2.16. The third-order valence-corrected chi connectivity index (χ3v) is 3.40. The van der Waals surface area contributed by atoms with Crippen molar-refractivity contribution in [3.8, 4) is 0 Å². The van der Waals surface area contributed by atoms with Crippen molar-refractivity contribution in [2.45, 2.75) is 39.2 Å². The van der Waals surface area contributed by atoms with Crippen molar-refractivity contribution in [1.29, 1.82) is 0 Å². The lowest BCUT2D eigenvalue weighted by molar-refractivity contribution is 0.0934. The quantitative estimate of drug-likeness (QED) is 0.875. The van der Waals surface area contributed by atoms with Gasteiger partial charge >= 0.3 is 0 Å². The van der Waals surface area contributed by atoms with Gasteiger partial charge in [-0.2, -0.15) is 0 Å². The highest BCUT2D eigenvalue weighted by molar-refractivity contribution is 5.94. The highest BCUT2D eigenvalue weighted by Gasteiger charge is 2.15. The fourth-order valence-corrected chi connectivity index (χ4v) is 2.09. The SMILES string of the molecule is CCC(NC(=O)c1ccc(C(C)C)cc1)c1ncc[nH]1. The van der Waals surface area contributed by atoms with Crippen molar-refractivity contribution in [3.05, 3.63) is 53.6 Å². The van der Waals surface area contributed by atoms with Crippen molar-refractivity contribution in [2.75, 3.05) is 0 Å². The Bertz CT molecular complexity index is 544. The Morgan fingerprint density at radius 1 is 1.30 bits per heavy atom. The number of hydrogen-bond acceptors (Lipinski definition) is 2. The van der Waals surface area contributed by atoms with Gasteiger partial charge < -0.3 is 10.3 Å². The monoisotopic (exact) mass is 271 g/mol. The lowest BCUT2D eigenvalue weighted by atomic mass is 10.0. The standard InChI is InChI=1S/C16H21N3O/c1-4-14(15-17-9-10-18-15)19-16(20)13-7-5-12(6-8-13)11(2)3/h5-11,14H,4H2,1-3H3,(H,17,18)(H,19,20). The minimum absolute atomic E-state index is 0.0662. The fraction of sp³-hybridized carbons (Fsp3) is 0.375. The van der Waals surface area contributed by atoms with E-state index in [2.05, 4.69) is 29.1 Å². The summed E-state index contributed by atoms with van der Waals surface area (Å²) in [6.45, 7) is 6.30. The van der Waals surface area contributed by atoms with Gasteiger partial charge in [-0.3, -0.25) is 4.79 Å². The first-order chi connectivity index (χ1) is 9.61. The van der Waals surface area contributed by atoms with Crippen LogP contribution in [0.1, 0.15) is 60.9 Å². The van der Waals surface area contributed by atoms with Crippen LogP contribution in [0, 0.1) is 0 Å². The number of rotatable bonds is 5. The molecular formula is C16H21N3O. The molecule has 4 nitrogen and oxygen atoms in total. The Kier molecular flexibility index (Phi) is 4.56. The van der Waals surface area contributed by atoms with Gasteiger partial charge in [-0.15, -0.1) is 0 Å². The van der Waals surface area contributed by atoms with Crippen molar-refractivity contribution in [1.82, 2.24) is 15.3 Å². The number of aromatic amines is 1. The molecule has 20 heavy (non-hydrogen) atoms. The Hall–Kier alpha value is -2.10. The molecule has 1 aromatic heterocycles. The number of nitrogens with one attached hydrogen (secondary N) is 2. The number of amides is 1. The number of carbonyl (C=O) groups is 1. The molecule has 1 aromatic carbocycles. The van der Waals surface area contributed by atoms with Gasteiger partial charge in [0.15, 0.2) is 0 Å². The van der Waals surface area contributed by atoms with Crippen molar-refractivity contribution in [2.24, 2.45) is 0 Å². The van der Waals surface area contributed by atoms with Gasteiger partial charge in [0.05, 0.1) is 6.04 Å². The maximum absolute atomic E-state index is 12.2. The highest BCUT2D eigenvalue weighted by atomic mass is 16.1. The molecule has 0 saturated carbocycles. The molecule has 4 heteroatoms. The van der Waals surface area contributed by atoms with Gasteiger partial charge in [0.2, 0.25) is 0 Å². The first-order valence-corrected chi connectivity index (χ1v) is 7.02. The van der Waals surface area contributed by atoms with E-state index in [1.807, 2.05) is 31.2 Å². The smallest absolute Gasteiger partial charge is 0.251 e. The topological polar surface area (TPSA) is 57.8 Å². The van der Waals surface area contributed by atoms with E-state index < -0.39 is 0 Å². The normalized spacial score (nSPS) is 12.4. The number of imidazole rings is 1. The lowest BCUT2D eigenvalue weighted by Gasteiger charge is -2.15. The van der Waals surface area contributed by atoms with Crippen molar-refractivity contribution in [3.63, 3.8) is 0 Å². The van der Waals surface area contributed by atoms with Crippen LogP contribution in [0.3, 0.4) is 0 Å². The van der Waals surface area contributed by atoms with Crippen LogP contribution in [-0.2, 0) is 0 Å². The van der Waals surface area contributed by atoms with Crippen LogP contribution < -0.4 is 5.32 Å². The second-order valence-corrected chi connectivity index (χ2v) is 5.19. The Labute approximate surface area is 119 Å². The fourth-order valence-electron chi connectivity index (χ4n) is 2.09. The van der Waals surface area contributed by atoms with Crippen LogP contribution in [0.15, 0.2) is 36.7 Å². The average molecular weight is 271 g/mol. The molecule has 1 amide bonds. The molecule has 0 aliphatic heterocycles. The van der Waals surface area contributed by atoms with Crippen LogP contribution in [0.5, 0.6) is 0 Å². The van der Waals surface area contributed by atoms with Crippen LogP contribution >= 0.6 is 0 Å². The summed E-state index contributed by atoms with van der Waals surface area (Å²) < 4.78 is 0. The number of aromatic nitrogens is 2. The first-order valence-electron chi connectivity index (χ1n) is 7.02. The van der Waals surface area contributed by atoms with Gasteiger partial charge in [0, 0.05) is 18.0 Å². The van der Waals surface area contributed by atoms with E-state index in [4.69, 9.17) is 0 Å². The first kappa shape index (κ1) is 14.3. The second kappa shape index (κ2) is 6.37. The summed E-state index contributed by atoms with van der Waals surface area (Å²) in [5.41, 5.74) is 1.92. The molecule has 106 valence electrons. The predicted molar refractivity (Wildman–Crippen MR) is 79.6 cm³/mol. The molecule has 1 atom stereocenters. The zero-order valence-corrected chi connectivity index (χ0v) is 12.2. The number of H-pyrrole nitrogens is 1. The molecule has 1 heterocycles. The molecule has 0 spiro atoms. The number of nitrogens with zero attached hydrogens (tertiary/aromatic N) is 1. The van der Waals surface area contributed by atoms with E-state index in [1.165, 1.54) is 5.56 Å². The van der Waals surface area contributed by atoms with E-state index in [1.54, 1.807) is 12.4 Å². The molecule has 0 aliphatic rings. The average Bonchev–Trinajstić information content (AvgIpc) is 2.98. The summed E-state index contributed by atoms with van der Waals surface area (Å²) in [6.07, 6.45) is 4.26. The third-order valence-electron chi connectivity index (χ3n) is 3.40. The van der Waals surface area contributed by atoms with Gasteiger partial charge in [-0.1, -0.05) is 32.9 Å². The lowest BCUT2D eigenvalue weighted by Crippen LogP contribution is -2.28. The van der Waals surface area contributed by atoms with Crippen LogP contribution in [-0.4, -0.2) is 15.9 Å². The van der Waals surface area contributed by atoms with E-state index in [9.17, 15) is 4.79 Å². The van der Waals surface area contributed by atoms with E-state index >= 15 is 0 Å². The number of benzene rings is 1. The summed E-state index contributed by atoms with van der Waals surface area (Å²) >= 11 is 0. The molecule has 2 rings (SSSR count). The number of hydrogen-bond donors (Lipinski definition) is 2. The molecule has 0 bridgehead atoms. The molecule has 2 aromatic rings. The zero-order chi connectivity index (χ0) is 14.5. The minimum atomic E-state index is -0.0812. The Morgan fingerprint density at radius 2 is 2.00 bits per heavy atom. The van der Waals surface area contributed by atoms with Gasteiger partial charge in [0.1, 0.15) is 5.82 Å². The maximum atomic E-state index is 12.2. The summed E-state index contributed by atoms with van der Waals surface area (Å²) in [4.78, 5) is 19.5. The van der Waals surface area contributed by atoms with Gasteiger partial charge in [-0.25, -0.2) is 4.98 Å². The minimum Gasteiger partial charge on any atom is -0.347 e. The predicted octanol–water partition coefficient (Wildman–Crippen LogP) is 3.41. The van der Waals surface area contributed by atoms with Crippen molar-refractivity contribution >= 4 is 5.91 Å².